The Morgan fingerprint density at radius 2 is 1.54 bits per heavy atom. The van der Waals surface area contributed by atoms with Crippen molar-refractivity contribution in [3.8, 4) is 5.75 Å². The van der Waals surface area contributed by atoms with E-state index in [4.69, 9.17) is 4.74 Å². The largest absolute Gasteiger partial charge is 0.497 e. The second kappa shape index (κ2) is 7.47. The molecule has 0 fully saturated rings. The number of para-hydroxylation sites is 1. The molecule has 0 atom stereocenters. The van der Waals surface area contributed by atoms with Crippen molar-refractivity contribution in [3.63, 3.8) is 0 Å². The lowest BCUT2D eigenvalue weighted by molar-refractivity contribution is 0.102. The van der Waals surface area contributed by atoms with E-state index in [2.05, 4.69) is 17.4 Å². The molecule has 0 radical (unpaired) electrons. The van der Waals surface area contributed by atoms with Gasteiger partial charge in [0.25, 0.3) is 5.91 Å². The second-order valence-corrected chi connectivity index (χ2v) is 5.50. The van der Waals surface area contributed by atoms with Gasteiger partial charge in [0.15, 0.2) is 0 Å². The molecule has 0 saturated heterocycles. The van der Waals surface area contributed by atoms with Crippen LogP contribution in [0.1, 0.15) is 21.5 Å². The van der Waals surface area contributed by atoms with E-state index in [1.807, 2.05) is 42.5 Å². The van der Waals surface area contributed by atoms with Crippen molar-refractivity contribution < 1.29 is 9.53 Å². The Morgan fingerprint density at radius 3 is 2.25 bits per heavy atom. The maximum atomic E-state index is 12.5. The van der Waals surface area contributed by atoms with E-state index in [1.54, 1.807) is 31.4 Å². The first-order chi connectivity index (χ1) is 11.8. The lowest BCUT2D eigenvalue weighted by Crippen LogP contribution is -2.13. The van der Waals surface area contributed by atoms with E-state index in [9.17, 15) is 4.79 Å². The minimum atomic E-state index is -0.127. The third-order valence-corrected chi connectivity index (χ3v) is 3.86. The number of hydrogen-bond acceptors (Lipinski definition) is 2. The number of anilines is 1. The van der Waals surface area contributed by atoms with Gasteiger partial charge < -0.3 is 10.1 Å². The summed E-state index contributed by atoms with van der Waals surface area (Å²) in [6.07, 6.45) is 0.778. The van der Waals surface area contributed by atoms with E-state index < -0.39 is 0 Å². The Balaban J connectivity index is 1.78. The summed E-state index contributed by atoms with van der Waals surface area (Å²) in [4.78, 5) is 12.5. The van der Waals surface area contributed by atoms with Crippen LogP contribution in [0.25, 0.3) is 0 Å². The number of methoxy groups -OCH3 is 1. The molecule has 3 rings (SSSR count). The number of carbonyl (C=O) groups is 1. The van der Waals surface area contributed by atoms with Crippen molar-refractivity contribution in [2.24, 2.45) is 0 Å². The minimum absolute atomic E-state index is 0.127. The lowest BCUT2D eigenvalue weighted by Gasteiger charge is -2.11. The minimum Gasteiger partial charge on any atom is -0.497 e. The number of hydrogen-bond donors (Lipinski definition) is 1. The van der Waals surface area contributed by atoms with Crippen molar-refractivity contribution >= 4 is 11.6 Å². The van der Waals surface area contributed by atoms with E-state index in [0.29, 0.717) is 5.56 Å². The Morgan fingerprint density at radius 1 is 0.875 bits per heavy atom. The molecular formula is C21H19NO2. The fraction of sp³-hybridized carbons (Fsp3) is 0.0952. The van der Waals surface area contributed by atoms with Crippen molar-refractivity contribution in [1.29, 1.82) is 0 Å². The fourth-order valence-electron chi connectivity index (χ4n) is 2.55. The third-order valence-electron chi connectivity index (χ3n) is 3.86. The third kappa shape index (κ3) is 3.82. The zero-order valence-electron chi connectivity index (χ0n) is 13.5. The van der Waals surface area contributed by atoms with Gasteiger partial charge in [-0.25, -0.2) is 0 Å². The number of ether oxygens (including phenoxy) is 1. The summed E-state index contributed by atoms with van der Waals surface area (Å²) in [5.41, 5.74) is 3.74. The molecule has 3 aromatic rings. The zero-order valence-corrected chi connectivity index (χ0v) is 13.5. The average Bonchev–Trinajstić information content (AvgIpc) is 2.64. The molecule has 0 aliphatic rings. The highest BCUT2D eigenvalue weighted by Gasteiger charge is 2.09. The molecule has 24 heavy (non-hydrogen) atoms. The molecule has 1 amide bonds. The number of amides is 1. The lowest BCUT2D eigenvalue weighted by atomic mass is 10.0. The van der Waals surface area contributed by atoms with Crippen molar-refractivity contribution in [3.05, 3.63) is 95.6 Å². The van der Waals surface area contributed by atoms with Crippen molar-refractivity contribution in [1.82, 2.24) is 0 Å². The van der Waals surface area contributed by atoms with Crippen molar-refractivity contribution in [2.75, 3.05) is 12.4 Å². The van der Waals surface area contributed by atoms with Crippen LogP contribution in [0.2, 0.25) is 0 Å². The van der Waals surface area contributed by atoms with Gasteiger partial charge in [0.1, 0.15) is 5.75 Å². The molecule has 3 nitrogen and oxygen atoms in total. The number of rotatable bonds is 5. The summed E-state index contributed by atoms with van der Waals surface area (Å²) < 4.78 is 5.12. The van der Waals surface area contributed by atoms with Crippen LogP contribution in [0.4, 0.5) is 5.69 Å². The van der Waals surface area contributed by atoms with E-state index in [1.165, 1.54) is 5.56 Å². The Labute approximate surface area is 141 Å². The average molecular weight is 317 g/mol. The molecule has 1 N–H and O–H groups in total. The highest BCUT2D eigenvalue weighted by atomic mass is 16.5. The normalized spacial score (nSPS) is 10.2. The summed E-state index contributed by atoms with van der Waals surface area (Å²) in [6.45, 7) is 0. The number of benzene rings is 3. The Hall–Kier alpha value is -3.07. The summed E-state index contributed by atoms with van der Waals surface area (Å²) in [7, 11) is 1.61. The van der Waals surface area contributed by atoms with Gasteiger partial charge in [0, 0.05) is 11.3 Å². The van der Waals surface area contributed by atoms with Crippen LogP contribution >= 0.6 is 0 Å². The van der Waals surface area contributed by atoms with Crippen LogP contribution < -0.4 is 10.1 Å². The standard InChI is InChI=1S/C21H19NO2/c1-24-19-13-11-17(12-14-19)21(23)22-20-10-6-5-9-18(20)15-16-7-3-2-4-8-16/h2-14H,15H2,1H3,(H,22,23). The van der Waals surface area contributed by atoms with E-state index >= 15 is 0 Å². The van der Waals surface area contributed by atoms with Crippen LogP contribution in [0.15, 0.2) is 78.9 Å². The van der Waals surface area contributed by atoms with Gasteiger partial charge in [-0.05, 0) is 47.9 Å². The summed E-state index contributed by atoms with van der Waals surface area (Å²) >= 11 is 0. The molecule has 0 aliphatic carbocycles. The molecule has 0 aromatic heterocycles. The van der Waals surface area contributed by atoms with E-state index in [-0.39, 0.29) is 5.91 Å². The highest BCUT2D eigenvalue weighted by molar-refractivity contribution is 6.04. The maximum absolute atomic E-state index is 12.5. The molecular weight excluding hydrogens is 298 g/mol. The van der Waals surface area contributed by atoms with Crippen molar-refractivity contribution in [2.45, 2.75) is 6.42 Å². The summed E-state index contributed by atoms with van der Waals surface area (Å²) in [5.74, 6) is 0.606. The van der Waals surface area contributed by atoms with Gasteiger partial charge in [-0.1, -0.05) is 48.5 Å². The highest BCUT2D eigenvalue weighted by Crippen LogP contribution is 2.20. The van der Waals surface area contributed by atoms with Crippen LogP contribution in [0.3, 0.4) is 0 Å². The first kappa shape index (κ1) is 15.8. The van der Waals surface area contributed by atoms with Gasteiger partial charge in [-0.3, -0.25) is 4.79 Å². The molecule has 0 spiro atoms. The molecule has 3 heteroatoms. The fourth-order valence-corrected chi connectivity index (χ4v) is 2.55. The Kier molecular flexibility index (Phi) is 4.92. The monoisotopic (exact) mass is 317 g/mol. The molecule has 0 bridgehead atoms. The van der Waals surface area contributed by atoms with Crippen LogP contribution in [0.5, 0.6) is 5.75 Å². The van der Waals surface area contributed by atoms with Gasteiger partial charge in [-0.15, -0.1) is 0 Å². The predicted molar refractivity (Wildman–Crippen MR) is 96.6 cm³/mol. The molecule has 0 aliphatic heterocycles. The first-order valence-electron chi connectivity index (χ1n) is 7.83. The molecule has 120 valence electrons. The maximum Gasteiger partial charge on any atom is 0.255 e. The second-order valence-electron chi connectivity index (χ2n) is 5.50. The van der Waals surface area contributed by atoms with E-state index in [0.717, 1.165) is 23.4 Å². The smallest absolute Gasteiger partial charge is 0.255 e. The zero-order chi connectivity index (χ0) is 16.8. The quantitative estimate of drug-likeness (QED) is 0.750. The first-order valence-corrected chi connectivity index (χ1v) is 7.83. The predicted octanol–water partition coefficient (Wildman–Crippen LogP) is 4.54. The summed E-state index contributed by atoms with van der Waals surface area (Å²) in [6, 6.07) is 25.2. The van der Waals surface area contributed by atoms with Crippen LogP contribution in [-0.2, 0) is 6.42 Å². The number of nitrogens with one attached hydrogen (secondary N) is 1. The SMILES string of the molecule is COc1ccc(C(=O)Nc2ccccc2Cc2ccccc2)cc1. The molecule has 0 unspecified atom stereocenters. The van der Waals surface area contributed by atoms with Gasteiger partial charge in [-0.2, -0.15) is 0 Å². The molecule has 3 aromatic carbocycles. The van der Waals surface area contributed by atoms with Gasteiger partial charge >= 0.3 is 0 Å². The van der Waals surface area contributed by atoms with Crippen LogP contribution in [-0.4, -0.2) is 13.0 Å². The van der Waals surface area contributed by atoms with Crippen LogP contribution in [0, 0.1) is 0 Å². The number of carbonyl (C=O) groups excluding carboxylic acids is 1. The summed E-state index contributed by atoms with van der Waals surface area (Å²) in [5, 5.41) is 3.00. The van der Waals surface area contributed by atoms with Gasteiger partial charge in [0.05, 0.1) is 7.11 Å². The molecule has 0 saturated carbocycles. The molecule has 0 heterocycles. The topological polar surface area (TPSA) is 38.3 Å². The van der Waals surface area contributed by atoms with Gasteiger partial charge in [0.2, 0.25) is 0 Å². The Bertz CT molecular complexity index is 811.